The van der Waals surface area contributed by atoms with Crippen LogP contribution < -0.4 is 11.1 Å². The maximum atomic E-state index is 11.5. The van der Waals surface area contributed by atoms with Gasteiger partial charge in [0.2, 0.25) is 0 Å². The van der Waals surface area contributed by atoms with Gasteiger partial charge in [0.15, 0.2) is 11.0 Å². The minimum absolute atomic E-state index is 0.0297. The van der Waals surface area contributed by atoms with Gasteiger partial charge in [-0.2, -0.15) is 0 Å². The number of halogens is 1. The molecule has 0 radical (unpaired) electrons. The lowest BCUT2D eigenvalue weighted by Gasteiger charge is -2.26. The molecule has 7 nitrogen and oxygen atoms in total. The second-order valence-corrected chi connectivity index (χ2v) is 5.59. The summed E-state index contributed by atoms with van der Waals surface area (Å²) in [6.07, 6.45) is 4.63. The molecule has 0 bridgehead atoms. The average molecular weight is 319 g/mol. The molecular formula is C14H15ClN6O. The second kappa shape index (κ2) is 5.84. The number of nitrogens with zero attached hydrogens (tertiary/aromatic N) is 4. The van der Waals surface area contributed by atoms with Crippen LogP contribution in [0, 0.1) is 6.92 Å². The minimum atomic E-state index is -0.601. The van der Waals surface area contributed by atoms with E-state index >= 15 is 0 Å². The van der Waals surface area contributed by atoms with E-state index in [4.69, 9.17) is 17.3 Å². The smallest absolute Gasteiger partial charge is 0.252 e. The summed E-state index contributed by atoms with van der Waals surface area (Å²) in [6.45, 7) is 1.87. The Balaban J connectivity index is 1.94. The average Bonchev–Trinajstić information content (AvgIpc) is 2.48. The van der Waals surface area contributed by atoms with E-state index in [0.29, 0.717) is 5.82 Å². The molecular weight excluding hydrogens is 304 g/mol. The number of anilines is 1. The molecule has 114 valence electrons. The third-order valence-electron chi connectivity index (χ3n) is 3.64. The molecule has 3 rings (SSSR count). The summed E-state index contributed by atoms with van der Waals surface area (Å²) >= 11 is 5.77. The second-order valence-electron chi connectivity index (χ2n) is 5.20. The van der Waals surface area contributed by atoms with Gasteiger partial charge in [-0.3, -0.25) is 4.79 Å². The van der Waals surface area contributed by atoms with E-state index in [1.807, 2.05) is 13.1 Å². The number of aryl methyl sites for hydroxylation is 2. The summed E-state index contributed by atoms with van der Waals surface area (Å²) in [5.74, 6) is 0.481. The zero-order valence-electron chi connectivity index (χ0n) is 12.0. The molecule has 1 atom stereocenters. The van der Waals surface area contributed by atoms with Gasteiger partial charge in [-0.15, -0.1) is 10.2 Å². The summed E-state index contributed by atoms with van der Waals surface area (Å²) in [6, 6.07) is 1.38. The van der Waals surface area contributed by atoms with Crippen molar-refractivity contribution >= 4 is 23.3 Å². The lowest BCUT2D eigenvalue weighted by atomic mass is 9.92. The number of carbonyl (C=O) groups excluding carboxylic acids is 1. The molecule has 2 aromatic heterocycles. The number of aromatic nitrogens is 4. The van der Waals surface area contributed by atoms with E-state index in [9.17, 15) is 4.79 Å². The molecule has 2 heterocycles. The molecule has 8 heteroatoms. The van der Waals surface area contributed by atoms with Gasteiger partial charge in [-0.1, -0.05) is 11.6 Å². The van der Waals surface area contributed by atoms with E-state index in [1.165, 1.54) is 6.07 Å². The first-order valence-electron chi connectivity index (χ1n) is 6.96. The molecule has 1 amide bonds. The molecule has 0 spiro atoms. The van der Waals surface area contributed by atoms with Crippen molar-refractivity contribution in [3.63, 3.8) is 0 Å². The lowest BCUT2D eigenvalue weighted by molar-refractivity contribution is 0.100. The van der Waals surface area contributed by atoms with Crippen molar-refractivity contribution in [3.8, 4) is 0 Å². The van der Waals surface area contributed by atoms with Crippen molar-refractivity contribution in [2.45, 2.75) is 32.2 Å². The van der Waals surface area contributed by atoms with Crippen molar-refractivity contribution in [2.75, 3.05) is 5.32 Å². The minimum Gasteiger partial charge on any atom is -0.365 e. The van der Waals surface area contributed by atoms with Crippen LogP contribution in [0.1, 0.15) is 46.3 Å². The van der Waals surface area contributed by atoms with Crippen molar-refractivity contribution in [1.82, 2.24) is 20.2 Å². The normalized spacial score (nSPS) is 16.9. The molecule has 0 aromatic carbocycles. The Hall–Kier alpha value is -2.28. The van der Waals surface area contributed by atoms with Crippen LogP contribution in [-0.2, 0) is 6.42 Å². The highest BCUT2D eigenvalue weighted by Crippen LogP contribution is 2.31. The van der Waals surface area contributed by atoms with Gasteiger partial charge in [0.25, 0.3) is 5.91 Å². The highest BCUT2D eigenvalue weighted by molar-refractivity contribution is 6.29. The van der Waals surface area contributed by atoms with Gasteiger partial charge >= 0.3 is 0 Å². The standard InChI is InChI=1S/C14H15ClN6O/c1-7-17-6-9-10(18-7)3-2-4-11(9)19-14-8(13(16)22)5-12(15)20-21-14/h5-6,11H,2-4H2,1H3,(H2,16,22)(H,19,21)/t11-/m1/s1. The molecule has 0 aliphatic heterocycles. The first kappa shape index (κ1) is 14.6. The third-order valence-corrected chi connectivity index (χ3v) is 3.83. The molecule has 0 unspecified atom stereocenters. The van der Waals surface area contributed by atoms with Crippen molar-refractivity contribution < 1.29 is 4.79 Å². The molecule has 0 saturated carbocycles. The van der Waals surface area contributed by atoms with Crippen molar-refractivity contribution in [3.05, 3.63) is 40.1 Å². The maximum absolute atomic E-state index is 11.5. The number of nitrogens with one attached hydrogen (secondary N) is 1. The Bertz CT molecular complexity index is 735. The Labute approximate surface area is 132 Å². The van der Waals surface area contributed by atoms with E-state index < -0.39 is 5.91 Å². The van der Waals surface area contributed by atoms with Crippen LogP contribution in [0.3, 0.4) is 0 Å². The van der Waals surface area contributed by atoms with Gasteiger partial charge in [0.1, 0.15) is 5.82 Å². The predicted molar refractivity (Wildman–Crippen MR) is 81.6 cm³/mol. The zero-order valence-corrected chi connectivity index (χ0v) is 12.8. The van der Waals surface area contributed by atoms with E-state index in [2.05, 4.69) is 25.5 Å². The molecule has 1 aliphatic rings. The van der Waals surface area contributed by atoms with Crippen molar-refractivity contribution in [1.29, 1.82) is 0 Å². The summed E-state index contributed by atoms with van der Waals surface area (Å²) in [4.78, 5) is 20.3. The van der Waals surface area contributed by atoms with Gasteiger partial charge < -0.3 is 11.1 Å². The molecule has 1 aliphatic carbocycles. The van der Waals surface area contributed by atoms with Gasteiger partial charge in [-0.25, -0.2) is 9.97 Å². The molecule has 0 fully saturated rings. The van der Waals surface area contributed by atoms with E-state index in [1.54, 1.807) is 0 Å². The molecule has 22 heavy (non-hydrogen) atoms. The zero-order chi connectivity index (χ0) is 15.7. The Morgan fingerprint density at radius 1 is 1.45 bits per heavy atom. The quantitative estimate of drug-likeness (QED) is 0.894. The number of hydrogen-bond donors (Lipinski definition) is 2. The van der Waals surface area contributed by atoms with Gasteiger partial charge in [-0.05, 0) is 32.3 Å². The fourth-order valence-corrected chi connectivity index (χ4v) is 2.77. The number of hydrogen-bond acceptors (Lipinski definition) is 6. The summed E-state index contributed by atoms with van der Waals surface area (Å²) in [5.41, 5.74) is 7.64. The van der Waals surface area contributed by atoms with Crippen LogP contribution in [0.15, 0.2) is 12.3 Å². The fraction of sp³-hybridized carbons (Fsp3) is 0.357. The van der Waals surface area contributed by atoms with Crippen LogP contribution in [0.5, 0.6) is 0 Å². The van der Waals surface area contributed by atoms with E-state index in [-0.39, 0.29) is 16.8 Å². The topological polar surface area (TPSA) is 107 Å². The SMILES string of the molecule is Cc1ncc2c(n1)CCC[C@H]2Nc1nnc(Cl)cc1C(N)=O. The van der Waals surface area contributed by atoms with Crippen LogP contribution in [-0.4, -0.2) is 26.1 Å². The van der Waals surface area contributed by atoms with Crippen LogP contribution in [0.25, 0.3) is 0 Å². The Kier molecular flexibility index (Phi) is 3.89. The Morgan fingerprint density at radius 2 is 2.27 bits per heavy atom. The highest BCUT2D eigenvalue weighted by atomic mass is 35.5. The summed E-state index contributed by atoms with van der Waals surface area (Å²) in [7, 11) is 0. The molecule has 2 aromatic rings. The maximum Gasteiger partial charge on any atom is 0.252 e. The first-order valence-corrected chi connectivity index (χ1v) is 7.34. The molecule has 3 N–H and O–H groups in total. The summed E-state index contributed by atoms with van der Waals surface area (Å²) in [5, 5.41) is 11.1. The monoisotopic (exact) mass is 318 g/mol. The van der Waals surface area contributed by atoms with Crippen LogP contribution in [0.4, 0.5) is 5.82 Å². The van der Waals surface area contributed by atoms with Crippen molar-refractivity contribution in [2.24, 2.45) is 5.73 Å². The third kappa shape index (κ3) is 2.85. The molecule has 0 saturated heterocycles. The largest absolute Gasteiger partial charge is 0.365 e. The number of fused-ring (bicyclic) bond motifs is 1. The van der Waals surface area contributed by atoms with E-state index in [0.717, 1.165) is 36.3 Å². The first-order chi connectivity index (χ1) is 10.5. The summed E-state index contributed by atoms with van der Waals surface area (Å²) < 4.78 is 0. The number of primary amides is 1. The van der Waals surface area contributed by atoms with Crippen LogP contribution >= 0.6 is 11.6 Å². The number of carbonyl (C=O) groups is 1. The van der Waals surface area contributed by atoms with Crippen LogP contribution in [0.2, 0.25) is 5.15 Å². The number of amides is 1. The van der Waals surface area contributed by atoms with Gasteiger partial charge in [0, 0.05) is 17.5 Å². The predicted octanol–water partition coefficient (Wildman–Crippen LogP) is 1.82. The highest BCUT2D eigenvalue weighted by Gasteiger charge is 2.24. The Morgan fingerprint density at radius 3 is 3.05 bits per heavy atom. The number of nitrogens with two attached hydrogens (primary N) is 1. The fourth-order valence-electron chi connectivity index (χ4n) is 2.62. The number of rotatable bonds is 3. The lowest BCUT2D eigenvalue weighted by Crippen LogP contribution is -2.23. The van der Waals surface area contributed by atoms with Gasteiger partial charge in [0.05, 0.1) is 11.6 Å².